The van der Waals surface area contributed by atoms with Crippen molar-refractivity contribution in [3.05, 3.63) is 106 Å². The lowest BCUT2D eigenvalue weighted by atomic mass is 9.85. The fourth-order valence-electron chi connectivity index (χ4n) is 4.53. The van der Waals surface area contributed by atoms with Crippen molar-refractivity contribution in [1.29, 1.82) is 0 Å². The summed E-state index contributed by atoms with van der Waals surface area (Å²) in [6.45, 7) is 0. The van der Waals surface area contributed by atoms with Gasteiger partial charge in [0.05, 0.1) is 0 Å². The predicted octanol–water partition coefficient (Wildman–Crippen LogP) is 6.38. The maximum Gasteiger partial charge on any atom is 0.194 e. The molecule has 6 rings (SSSR count). The molecule has 3 nitrogen and oxygen atoms in total. The third-order valence-electron chi connectivity index (χ3n) is 6.32. The van der Waals surface area contributed by atoms with Gasteiger partial charge in [0.2, 0.25) is 0 Å². The summed E-state index contributed by atoms with van der Waals surface area (Å²) < 4.78 is 0. The number of benzene rings is 4. The molecule has 0 saturated heterocycles. The van der Waals surface area contributed by atoms with Crippen LogP contribution in [0, 0.1) is 0 Å². The summed E-state index contributed by atoms with van der Waals surface area (Å²) in [6.07, 6.45) is 8.27. The van der Waals surface area contributed by atoms with Crippen LogP contribution >= 0.6 is 0 Å². The molecule has 0 fully saturated rings. The molecular formula is C29H20N2O. The molecular weight excluding hydrogens is 392 g/mol. The zero-order valence-electron chi connectivity index (χ0n) is 17.3. The van der Waals surface area contributed by atoms with Crippen molar-refractivity contribution in [2.45, 2.75) is 0 Å². The van der Waals surface area contributed by atoms with Crippen LogP contribution in [-0.2, 0) is 0 Å². The van der Waals surface area contributed by atoms with E-state index in [0.717, 1.165) is 33.4 Å². The van der Waals surface area contributed by atoms with Gasteiger partial charge in [0.1, 0.15) is 0 Å². The first-order valence-corrected chi connectivity index (χ1v) is 10.6. The summed E-state index contributed by atoms with van der Waals surface area (Å²) >= 11 is 0. The lowest BCUT2D eigenvalue weighted by Gasteiger charge is -2.18. The fourth-order valence-corrected chi connectivity index (χ4v) is 4.53. The van der Waals surface area contributed by atoms with E-state index in [1.165, 1.54) is 11.1 Å². The molecule has 0 radical (unpaired) electrons. The average molecular weight is 412 g/mol. The summed E-state index contributed by atoms with van der Waals surface area (Å²) in [5.41, 5.74) is 23.2. The molecule has 2 aliphatic carbocycles. The Morgan fingerprint density at radius 2 is 0.969 bits per heavy atom. The van der Waals surface area contributed by atoms with Gasteiger partial charge in [-0.15, -0.1) is 0 Å². The number of ketones is 1. The minimum Gasteiger partial charge on any atom is -0.398 e. The Balaban J connectivity index is 1.51. The SMILES string of the molecule is Nc1cccc(C(=O)c2cccc(N)c2-c2ccc3c(c2)C=C3)c1-c1ccc2c(c1)C=C2. The Morgan fingerprint density at radius 3 is 1.34 bits per heavy atom. The monoisotopic (exact) mass is 412 g/mol. The van der Waals surface area contributed by atoms with E-state index in [9.17, 15) is 4.79 Å². The van der Waals surface area contributed by atoms with Crippen molar-refractivity contribution in [1.82, 2.24) is 0 Å². The van der Waals surface area contributed by atoms with Gasteiger partial charge in [-0.05, 0) is 57.6 Å². The molecule has 2 aliphatic rings. The second-order valence-corrected chi connectivity index (χ2v) is 8.22. The lowest BCUT2D eigenvalue weighted by Crippen LogP contribution is -2.09. The zero-order chi connectivity index (χ0) is 21.8. The molecule has 32 heavy (non-hydrogen) atoms. The largest absolute Gasteiger partial charge is 0.398 e. The molecule has 3 heteroatoms. The highest BCUT2D eigenvalue weighted by molar-refractivity contribution is 6.18. The van der Waals surface area contributed by atoms with Crippen molar-refractivity contribution in [2.75, 3.05) is 11.5 Å². The Kier molecular flexibility index (Phi) is 3.92. The average Bonchev–Trinajstić information content (AvgIpc) is 2.75. The second kappa shape index (κ2) is 6.82. The maximum atomic E-state index is 13.9. The highest BCUT2D eigenvalue weighted by atomic mass is 16.1. The van der Waals surface area contributed by atoms with Gasteiger partial charge < -0.3 is 11.5 Å². The number of hydrogen-bond acceptors (Lipinski definition) is 3. The van der Waals surface area contributed by atoms with Crippen LogP contribution in [0.5, 0.6) is 0 Å². The first kappa shape index (κ1) is 18.4. The molecule has 0 aliphatic heterocycles. The predicted molar refractivity (Wildman–Crippen MR) is 134 cm³/mol. The van der Waals surface area contributed by atoms with Crippen LogP contribution in [-0.4, -0.2) is 5.78 Å². The molecule has 0 amide bonds. The van der Waals surface area contributed by atoms with Gasteiger partial charge in [0.15, 0.2) is 5.78 Å². The van der Waals surface area contributed by atoms with E-state index in [1.807, 2.05) is 48.5 Å². The Morgan fingerprint density at radius 1 is 0.531 bits per heavy atom. The van der Waals surface area contributed by atoms with Crippen LogP contribution < -0.4 is 11.5 Å². The topological polar surface area (TPSA) is 69.1 Å². The van der Waals surface area contributed by atoms with E-state index in [-0.39, 0.29) is 5.78 Å². The molecule has 0 aromatic heterocycles. The van der Waals surface area contributed by atoms with E-state index in [0.29, 0.717) is 22.5 Å². The smallest absolute Gasteiger partial charge is 0.194 e. The second-order valence-electron chi connectivity index (χ2n) is 8.22. The molecule has 0 spiro atoms. The molecule has 0 atom stereocenters. The number of rotatable bonds is 4. The molecule has 4 N–H and O–H groups in total. The number of carbonyl (C=O) groups is 1. The summed E-state index contributed by atoms with van der Waals surface area (Å²) in [4.78, 5) is 13.9. The number of carbonyl (C=O) groups excluding carboxylic acids is 1. The van der Waals surface area contributed by atoms with Crippen LogP contribution in [0.4, 0.5) is 11.4 Å². The minimum atomic E-state index is -0.0916. The normalized spacial score (nSPS) is 12.5. The van der Waals surface area contributed by atoms with Gasteiger partial charge in [-0.25, -0.2) is 0 Å². The van der Waals surface area contributed by atoms with Gasteiger partial charge in [0, 0.05) is 33.6 Å². The zero-order valence-corrected chi connectivity index (χ0v) is 17.3. The van der Waals surface area contributed by atoms with Gasteiger partial charge in [0.25, 0.3) is 0 Å². The number of fused-ring (bicyclic) bond motifs is 2. The van der Waals surface area contributed by atoms with Crippen molar-refractivity contribution in [3.63, 3.8) is 0 Å². The minimum absolute atomic E-state index is 0.0916. The van der Waals surface area contributed by atoms with Crippen molar-refractivity contribution < 1.29 is 4.79 Å². The maximum absolute atomic E-state index is 13.9. The number of nitrogens with two attached hydrogens (primary N) is 2. The quantitative estimate of drug-likeness (QED) is 0.261. The number of anilines is 2. The Bertz CT molecular complexity index is 1400. The van der Waals surface area contributed by atoms with E-state index in [1.54, 1.807) is 0 Å². The summed E-state index contributed by atoms with van der Waals surface area (Å²) in [7, 11) is 0. The van der Waals surface area contributed by atoms with Gasteiger partial charge >= 0.3 is 0 Å². The van der Waals surface area contributed by atoms with Crippen LogP contribution in [0.3, 0.4) is 0 Å². The van der Waals surface area contributed by atoms with E-state index < -0.39 is 0 Å². The summed E-state index contributed by atoms with van der Waals surface area (Å²) in [5.74, 6) is -0.0916. The summed E-state index contributed by atoms with van der Waals surface area (Å²) in [6, 6.07) is 23.4. The van der Waals surface area contributed by atoms with Crippen LogP contribution in [0.1, 0.15) is 38.2 Å². The van der Waals surface area contributed by atoms with Gasteiger partial charge in [-0.2, -0.15) is 0 Å². The lowest BCUT2D eigenvalue weighted by molar-refractivity contribution is 0.104. The van der Waals surface area contributed by atoms with E-state index in [4.69, 9.17) is 11.5 Å². The Labute approximate surface area is 186 Å². The molecule has 4 aromatic rings. The number of hydrogen-bond donors (Lipinski definition) is 2. The third-order valence-corrected chi connectivity index (χ3v) is 6.32. The standard InChI is InChI=1S/C29H20N2O/c30-25-5-1-3-23(27(25)21-13-9-17-7-11-19(17)15-21)29(32)24-4-2-6-26(31)28(24)22-14-10-18-8-12-20(18)16-22/h1-16H,30-31H2. The number of nitrogen functional groups attached to an aromatic ring is 2. The molecule has 0 saturated carbocycles. The molecule has 4 aromatic carbocycles. The highest BCUT2D eigenvalue weighted by Gasteiger charge is 2.22. The first-order chi connectivity index (χ1) is 15.6. The van der Waals surface area contributed by atoms with Gasteiger partial charge in [-0.1, -0.05) is 72.8 Å². The van der Waals surface area contributed by atoms with Crippen LogP contribution in [0.25, 0.3) is 46.6 Å². The van der Waals surface area contributed by atoms with Crippen molar-refractivity contribution >= 4 is 41.5 Å². The first-order valence-electron chi connectivity index (χ1n) is 10.6. The third kappa shape index (κ3) is 2.72. The molecule has 0 heterocycles. The molecule has 152 valence electrons. The molecule has 0 unspecified atom stereocenters. The summed E-state index contributed by atoms with van der Waals surface area (Å²) in [5, 5.41) is 0. The van der Waals surface area contributed by atoms with E-state index >= 15 is 0 Å². The van der Waals surface area contributed by atoms with Crippen LogP contribution in [0.2, 0.25) is 0 Å². The Hall–Kier alpha value is -4.37. The van der Waals surface area contributed by atoms with Crippen LogP contribution in [0.15, 0.2) is 72.8 Å². The molecule has 0 bridgehead atoms. The highest BCUT2D eigenvalue weighted by Crippen LogP contribution is 2.39. The van der Waals surface area contributed by atoms with Crippen molar-refractivity contribution in [3.8, 4) is 22.3 Å². The van der Waals surface area contributed by atoms with Crippen molar-refractivity contribution in [2.24, 2.45) is 0 Å². The van der Waals surface area contributed by atoms with E-state index in [2.05, 4.69) is 48.6 Å². The van der Waals surface area contributed by atoms with Gasteiger partial charge in [-0.3, -0.25) is 4.79 Å². The fraction of sp³-hybridized carbons (Fsp3) is 0.